The van der Waals surface area contributed by atoms with E-state index >= 15 is 0 Å². The molecule has 0 bridgehead atoms. The number of nitrogens with zero attached hydrogens (tertiary/aromatic N) is 2. The molecule has 0 aliphatic carbocycles. The zero-order chi connectivity index (χ0) is 18.7. The normalized spacial score (nSPS) is 23.6. The summed E-state index contributed by atoms with van der Waals surface area (Å²) in [5.74, 6) is -1.60. The third-order valence-corrected chi connectivity index (χ3v) is 4.84. The summed E-state index contributed by atoms with van der Waals surface area (Å²) < 4.78 is 18.3. The molecule has 2 fully saturated rings. The quantitative estimate of drug-likeness (QED) is 0.841. The lowest BCUT2D eigenvalue weighted by Gasteiger charge is -2.37. The minimum atomic E-state index is -0.784. The van der Waals surface area contributed by atoms with Crippen LogP contribution in [-0.4, -0.2) is 66.4 Å². The van der Waals surface area contributed by atoms with Gasteiger partial charge in [-0.2, -0.15) is 0 Å². The number of carbonyl (C=O) groups excluding carboxylic acids is 3. The topological polar surface area (TPSA) is 92.9 Å². The summed E-state index contributed by atoms with van der Waals surface area (Å²) in [5.41, 5.74) is 5.67. The Kier molecular flexibility index (Phi) is 5.51. The average molecular weight is 363 g/mol. The first kappa shape index (κ1) is 18.3. The molecule has 0 saturated carbocycles. The Bertz CT molecular complexity index is 694. The molecule has 2 atom stereocenters. The smallest absolute Gasteiger partial charge is 0.253 e. The molecule has 2 heterocycles. The van der Waals surface area contributed by atoms with Crippen LogP contribution in [0.4, 0.5) is 4.39 Å². The lowest BCUT2D eigenvalue weighted by Crippen LogP contribution is -2.54. The third-order valence-electron chi connectivity index (χ3n) is 4.84. The van der Waals surface area contributed by atoms with E-state index in [1.165, 1.54) is 24.3 Å². The number of hydrogen-bond acceptors (Lipinski definition) is 4. The number of nitrogens with two attached hydrogens (primary N) is 1. The lowest BCUT2D eigenvalue weighted by atomic mass is 9.95. The minimum absolute atomic E-state index is 0.0869. The van der Waals surface area contributed by atoms with Crippen LogP contribution in [0.3, 0.4) is 0 Å². The second-order valence-electron chi connectivity index (χ2n) is 6.64. The van der Waals surface area contributed by atoms with Gasteiger partial charge in [0.05, 0.1) is 19.1 Å². The van der Waals surface area contributed by atoms with E-state index in [2.05, 4.69) is 0 Å². The van der Waals surface area contributed by atoms with E-state index in [4.69, 9.17) is 10.5 Å². The second kappa shape index (κ2) is 7.82. The number of piperidine rings is 1. The van der Waals surface area contributed by atoms with Crippen molar-refractivity contribution in [3.63, 3.8) is 0 Å². The van der Waals surface area contributed by atoms with Crippen molar-refractivity contribution >= 4 is 17.7 Å². The largest absolute Gasteiger partial charge is 0.367 e. The maximum Gasteiger partial charge on any atom is 0.253 e. The third kappa shape index (κ3) is 4.01. The Balaban J connectivity index is 1.64. The van der Waals surface area contributed by atoms with Crippen LogP contribution in [0.2, 0.25) is 0 Å². The van der Waals surface area contributed by atoms with Crippen LogP contribution in [0.1, 0.15) is 23.2 Å². The summed E-state index contributed by atoms with van der Waals surface area (Å²) in [5, 5.41) is 0. The van der Waals surface area contributed by atoms with Gasteiger partial charge in [-0.05, 0) is 37.1 Å². The Morgan fingerprint density at radius 2 is 1.81 bits per heavy atom. The SMILES string of the molecule is NC(=O)C1CN(C(=O)C2CCCN(C(=O)c3ccc(F)cc3)C2)CCO1. The number of benzene rings is 1. The van der Waals surface area contributed by atoms with Crippen LogP contribution in [0.5, 0.6) is 0 Å². The predicted octanol–water partition coefficient (Wildman–Crippen LogP) is 0.391. The number of likely N-dealkylation sites (tertiary alicyclic amines) is 1. The molecular formula is C18H22FN3O4. The van der Waals surface area contributed by atoms with Crippen LogP contribution in [-0.2, 0) is 14.3 Å². The summed E-state index contributed by atoms with van der Waals surface area (Å²) in [6, 6.07) is 5.39. The number of amides is 3. The molecule has 2 saturated heterocycles. The summed E-state index contributed by atoms with van der Waals surface area (Å²) >= 11 is 0. The van der Waals surface area contributed by atoms with Crippen LogP contribution < -0.4 is 5.73 Å². The summed E-state index contributed by atoms with van der Waals surface area (Å²) in [6.07, 6.45) is 0.616. The van der Waals surface area contributed by atoms with Gasteiger partial charge in [0.15, 0.2) is 6.10 Å². The molecule has 26 heavy (non-hydrogen) atoms. The molecular weight excluding hydrogens is 341 g/mol. The van der Waals surface area contributed by atoms with Crippen molar-refractivity contribution in [1.29, 1.82) is 0 Å². The van der Waals surface area contributed by atoms with Crippen molar-refractivity contribution in [3.05, 3.63) is 35.6 Å². The van der Waals surface area contributed by atoms with Gasteiger partial charge in [-0.25, -0.2) is 4.39 Å². The fourth-order valence-electron chi connectivity index (χ4n) is 3.42. The summed E-state index contributed by atoms with van der Waals surface area (Å²) in [7, 11) is 0. The summed E-state index contributed by atoms with van der Waals surface area (Å²) in [4.78, 5) is 39.9. The minimum Gasteiger partial charge on any atom is -0.367 e. The molecule has 0 spiro atoms. The first-order chi connectivity index (χ1) is 12.5. The molecule has 1 aromatic rings. The van der Waals surface area contributed by atoms with Gasteiger partial charge in [-0.15, -0.1) is 0 Å². The number of carbonyl (C=O) groups is 3. The van der Waals surface area contributed by atoms with Crippen molar-refractivity contribution in [2.24, 2.45) is 11.7 Å². The van der Waals surface area contributed by atoms with E-state index in [9.17, 15) is 18.8 Å². The van der Waals surface area contributed by atoms with Crippen molar-refractivity contribution in [2.75, 3.05) is 32.8 Å². The first-order valence-corrected chi connectivity index (χ1v) is 8.70. The number of halogens is 1. The lowest BCUT2D eigenvalue weighted by molar-refractivity contribution is -0.149. The Hall–Kier alpha value is -2.48. The second-order valence-corrected chi connectivity index (χ2v) is 6.64. The molecule has 3 amide bonds. The Morgan fingerprint density at radius 1 is 1.08 bits per heavy atom. The van der Waals surface area contributed by atoms with Gasteiger partial charge in [0.2, 0.25) is 11.8 Å². The Morgan fingerprint density at radius 3 is 2.50 bits per heavy atom. The fourth-order valence-corrected chi connectivity index (χ4v) is 3.42. The van der Waals surface area contributed by atoms with Gasteiger partial charge >= 0.3 is 0 Å². The van der Waals surface area contributed by atoms with E-state index in [0.29, 0.717) is 38.0 Å². The average Bonchev–Trinajstić information content (AvgIpc) is 2.67. The van der Waals surface area contributed by atoms with Crippen molar-refractivity contribution in [2.45, 2.75) is 18.9 Å². The number of rotatable bonds is 3. The van der Waals surface area contributed by atoms with E-state index in [0.717, 1.165) is 0 Å². The predicted molar refractivity (Wildman–Crippen MR) is 90.5 cm³/mol. The fraction of sp³-hybridized carbons (Fsp3) is 0.500. The number of primary amides is 1. The van der Waals surface area contributed by atoms with E-state index in [1.807, 2.05) is 0 Å². The van der Waals surface area contributed by atoms with Crippen molar-refractivity contribution < 1.29 is 23.5 Å². The van der Waals surface area contributed by atoms with Gasteiger partial charge in [0, 0.05) is 25.2 Å². The molecule has 2 aliphatic rings. The highest BCUT2D eigenvalue weighted by Crippen LogP contribution is 2.22. The number of morpholine rings is 1. The molecule has 2 N–H and O–H groups in total. The van der Waals surface area contributed by atoms with Crippen LogP contribution in [0.25, 0.3) is 0 Å². The highest BCUT2D eigenvalue weighted by Gasteiger charge is 2.35. The van der Waals surface area contributed by atoms with Crippen LogP contribution >= 0.6 is 0 Å². The highest BCUT2D eigenvalue weighted by molar-refractivity contribution is 5.94. The molecule has 7 nitrogen and oxygen atoms in total. The number of hydrogen-bond donors (Lipinski definition) is 1. The molecule has 1 aromatic carbocycles. The monoisotopic (exact) mass is 363 g/mol. The molecule has 140 valence electrons. The molecule has 8 heteroatoms. The van der Waals surface area contributed by atoms with Crippen LogP contribution in [0, 0.1) is 11.7 Å². The van der Waals surface area contributed by atoms with Crippen molar-refractivity contribution in [1.82, 2.24) is 9.80 Å². The Labute approximate surface area is 150 Å². The van der Waals surface area contributed by atoms with Gasteiger partial charge < -0.3 is 20.3 Å². The summed E-state index contributed by atoms with van der Waals surface area (Å²) in [6.45, 7) is 1.70. The molecule has 3 rings (SSSR count). The maximum absolute atomic E-state index is 13.0. The van der Waals surface area contributed by atoms with Crippen molar-refractivity contribution in [3.8, 4) is 0 Å². The van der Waals surface area contributed by atoms with Gasteiger partial charge in [-0.3, -0.25) is 14.4 Å². The highest BCUT2D eigenvalue weighted by atomic mass is 19.1. The van der Waals surface area contributed by atoms with Gasteiger partial charge in [-0.1, -0.05) is 0 Å². The standard InChI is InChI=1S/C18H22FN3O4/c19-14-5-3-12(4-6-14)17(24)21-7-1-2-13(10-21)18(25)22-8-9-26-15(11-22)16(20)23/h3-6,13,15H,1-2,7-11H2,(H2,20,23). The maximum atomic E-state index is 13.0. The van der Waals surface area contributed by atoms with Gasteiger partial charge in [0.1, 0.15) is 5.82 Å². The molecule has 2 unspecified atom stereocenters. The van der Waals surface area contributed by atoms with Gasteiger partial charge in [0.25, 0.3) is 5.91 Å². The number of ether oxygens (including phenoxy) is 1. The van der Waals surface area contributed by atoms with E-state index in [-0.39, 0.29) is 30.9 Å². The zero-order valence-electron chi connectivity index (χ0n) is 14.4. The first-order valence-electron chi connectivity index (χ1n) is 8.70. The zero-order valence-corrected chi connectivity index (χ0v) is 14.4. The van der Waals surface area contributed by atoms with E-state index in [1.54, 1.807) is 9.80 Å². The molecule has 0 aromatic heterocycles. The van der Waals surface area contributed by atoms with Crippen LogP contribution in [0.15, 0.2) is 24.3 Å². The molecule has 2 aliphatic heterocycles. The van der Waals surface area contributed by atoms with E-state index < -0.39 is 17.8 Å². The molecule has 0 radical (unpaired) electrons.